The Kier molecular flexibility index (Phi) is 5.75. The normalized spacial score (nSPS) is 39.4. The Morgan fingerprint density at radius 2 is 2.17 bits per heavy atom. The molecule has 1 amide bonds. The number of hydrogen-bond acceptors (Lipinski definition) is 5. The molecule has 1 saturated carbocycles. The Morgan fingerprint density at radius 1 is 1.34 bits per heavy atom. The molecular formula is C26H28Cl2FN3O3. The number of anilines is 1. The van der Waals surface area contributed by atoms with E-state index in [1.54, 1.807) is 24.3 Å². The average molecular weight is 520 g/mol. The molecule has 2 N–H and O–H groups in total. The molecule has 9 heteroatoms. The molecule has 2 saturated heterocycles. The topological polar surface area (TPSA) is 70.7 Å². The van der Waals surface area contributed by atoms with Gasteiger partial charge in [-0.15, -0.1) is 0 Å². The molecule has 0 aromatic heterocycles. The summed E-state index contributed by atoms with van der Waals surface area (Å²) in [6.45, 7) is 3.75. The lowest BCUT2D eigenvalue weighted by Gasteiger charge is -2.41. The van der Waals surface area contributed by atoms with E-state index in [0.29, 0.717) is 17.3 Å². The Balaban J connectivity index is 1.37. The second-order valence-corrected chi connectivity index (χ2v) is 11.1. The number of likely N-dealkylation sites (tertiary alicyclic amines) is 1. The van der Waals surface area contributed by atoms with Gasteiger partial charge in [-0.2, -0.15) is 0 Å². The third-order valence-corrected chi connectivity index (χ3v) is 9.01. The molecule has 3 fully saturated rings. The van der Waals surface area contributed by atoms with Gasteiger partial charge in [0.05, 0.1) is 17.6 Å². The van der Waals surface area contributed by atoms with E-state index in [4.69, 9.17) is 27.9 Å². The molecule has 5 aliphatic rings. The van der Waals surface area contributed by atoms with Crippen LogP contribution in [0.3, 0.4) is 0 Å². The van der Waals surface area contributed by atoms with Crippen molar-refractivity contribution in [1.82, 2.24) is 10.2 Å². The number of alkyl halides is 1. The number of nitrogens with zero attached hydrogens (tertiary/aromatic N) is 1. The number of nitrogens with one attached hydrogen (secondary N) is 2. The van der Waals surface area contributed by atoms with Crippen LogP contribution < -0.4 is 10.6 Å². The fourth-order valence-electron chi connectivity index (χ4n) is 6.91. The molecule has 1 aromatic carbocycles. The van der Waals surface area contributed by atoms with Crippen LogP contribution >= 0.6 is 23.2 Å². The smallest absolute Gasteiger partial charge is 0.309 e. The fraction of sp³-hybridized carbons (Fsp3) is 0.538. The van der Waals surface area contributed by atoms with Crippen molar-refractivity contribution >= 4 is 40.8 Å². The Labute approximate surface area is 213 Å². The predicted molar refractivity (Wildman–Crippen MR) is 132 cm³/mol. The molecular weight excluding hydrogens is 492 g/mol. The lowest BCUT2D eigenvalue weighted by molar-refractivity contribution is -0.145. The van der Waals surface area contributed by atoms with Crippen molar-refractivity contribution in [2.75, 3.05) is 25.0 Å². The molecule has 1 aromatic rings. The third-order valence-electron chi connectivity index (χ3n) is 8.44. The van der Waals surface area contributed by atoms with Gasteiger partial charge in [0.15, 0.2) is 0 Å². The lowest BCUT2D eigenvalue weighted by Crippen LogP contribution is -2.54. The summed E-state index contributed by atoms with van der Waals surface area (Å²) in [5, 5.41) is 7.35. The number of halogens is 3. The van der Waals surface area contributed by atoms with Crippen molar-refractivity contribution in [1.29, 1.82) is 0 Å². The van der Waals surface area contributed by atoms with Gasteiger partial charge in [0.2, 0.25) is 5.91 Å². The van der Waals surface area contributed by atoms with Gasteiger partial charge in [-0.25, -0.2) is 4.39 Å². The van der Waals surface area contributed by atoms with Crippen LogP contribution in [0.2, 0.25) is 5.02 Å². The van der Waals surface area contributed by atoms with E-state index in [1.165, 1.54) is 0 Å². The molecule has 2 aliphatic carbocycles. The van der Waals surface area contributed by atoms with E-state index in [0.717, 1.165) is 31.5 Å². The van der Waals surface area contributed by atoms with E-state index < -0.39 is 23.5 Å². The molecule has 4 unspecified atom stereocenters. The van der Waals surface area contributed by atoms with Crippen LogP contribution in [0.5, 0.6) is 0 Å². The SMILES string of the molecule is CCOC(=O)C1CC1CN1CC[C@@H]2N[C@@]3(C(=O)Nc4cc(Cl)ccc43)[C@@H](C3C=CC=C(Cl)C3F)[C@@H]21. The van der Waals surface area contributed by atoms with Gasteiger partial charge in [-0.1, -0.05) is 41.4 Å². The molecule has 0 radical (unpaired) electrons. The predicted octanol–water partition coefficient (Wildman–Crippen LogP) is 4.00. The molecule has 186 valence electrons. The number of amides is 1. The summed E-state index contributed by atoms with van der Waals surface area (Å²) in [5.74, 6) is -1.15. The number of rotatable bonds is 5. The quantitative estimate of drug-likeness (QED) is 0.575. The first kappa shape index (κ1) is 23.5. The largest absolute Gasteiger partial charge is 0.466 e. The standard InChI is InChI=1S/C26H28Cl2FN3O3/c1-2-35-24(33)16-10-13(16)12-32-9-8-19-23(32)21(15-4-3-5-18(28)22(15)29)26(31-19)17-7-6-14(27)11-20(17)30-25(26)34/h3-7,11,13,15-16,19,21-23,31H,2,8-10,12H2,1H3,(H,30,34)/t13?,15?,16?,19-,21-,22?,23+,26+/m0/s1. The number of esters is 1. The average Bonchev–Trinajstić information content (AvgIpc) is 3.25. The molecule has 35 heavy (non-hydrogen) atoms. The van der Waals surface area contributed by atoms with Crippen molar-refractivity contribution in [3.63, 3.8) is 0 Å². The second-order valence-electron chi connectivity index (χ2n) is 10.3. The third kappa shape index (κ3) is 3.57. The van der Waals surface area contributed by atoms with Crippen LogP contribution in [0.25, 0.3) is 0 Å². The van der Waals surface area contributed by atoms with Crippen molar-refractivity contribution in [3.05, 3.63) is 52.0 Å². The number of carbonyl (C=O) groups excluding carboxylic acids is 2. The monoisotopic (exact) mass is 519 g/mol. The zero-order valence-corrected chi connectivity index (χ0v) is 20.9. The van der Waals surface area contributed by atoms with E-state index in [1.807, 2.05) is 19.1 Å². The van der Waals surface area contributed by atoms with Crippen LogP contribution in [-0.2, 0) is 19.9 Å². The molecule has 8 atom stereocenters. The van der Waals surface area contributed by atoms with Gasteiger partial charge in [-0.3, -0.25) is 19.8 Å². The first-order chi connectivity index (χ1) is 16.8. The summed E-state index contributed by atoms with van der Waals surface area (Å²) in [6, 6.07) is 5.32. The highest BCUT2D eigenvalue weighted by atomic mass is 35.5. The second kappa shape index (κ2) is 8.58. The van der Waals surface area contributed by atoms with Crippen LogP contribution in [0, 0.1) is 23.7 Å². The lowest BCUT2D eigenvalue weighted by atomic mass is 9.68. The maximum absolute atomic E-state index is 15.7. The summed E-state index contributed by atoms with van der Waals surface area (Å²) in [7, 11) is 0. The van der Waals surface area contributed by atoms with Gasteiger partial charge in [0.1, 0.15) is 11.7 Å². The van der Waals surface area contributed by atoms with Crippen LogP contribution in [-0.4, -0.2) is 54.7 Å². The molecule has 3 heterocycles. The van der Waals surface area contributed by atoms with Crippen molar-refractivity contribution in [2.24, 2.45) is 23.7 Å². The van der Waals surface area contributed by atoms with Gasteiger partial charge in [-0.05, 0) is 43.9 Å². The maximum Gasteiger partial charge on any atom is 0.309 e. The van der Waals surface area contributed by atoms with Gasteiger partial charge < -0.3 is 10.1 Å². The minimum Gasteiger partial charge on any atom is -0.466 e. The zero-order chi connectivity index (χ0) is 24.5. The Morgan fingerprint density at radius 3 is 2.97 bits per heavy atom. The minimum absolute atomic E-state index is 0.0115. The van der Waals surface area contributed by atoms with Crippen molar-refractivity contribution in [2.45, 2.75) is 43.6 Å². The number of ether oxygens (including phenoxy) is 1. The summed E-state index contributed by atoms with van der Waals surface area (Å²) in [4.78, 5) is 28.3. The molecule has 3 aliphatic heterocycles. The van der Waals surface area contributed by atoms with E-state index in [-0.39, 0.29) is 40.8 Å². The Hall–Kier alpha value is -1.93. The van der Waals surface area contributed by atoms with Gasteiger partial charge in [0, 0.05) is 53.3 Å². The molecule has 6 rings (SSSR count). The van der Waals surface area contributed by atoms with E-state index >= 15 is 4.39 Å². The summed E-state index contributed by atoms with van der Waals surface area (Å²) in [6.07, 6.45) is 5.47. The van der Waals surface area contributed by atoms with E-state index in [9.17, 15) is 9.59 Å². The molecule has 1 spiro atoms. The zero-order valence-electron chi connectivity index (χ0n) is 19.3. The summed E-state index contributed by atoms with van der Waals surface area (Å²) < 4.78 is 20.9. The fourth-order valence-corrected chi connectivity index (χ4v) is 7.30. The molecule has 0 bridgehead atoms. The first-order valence-electron chi connectivity index (χ1n) is 12.3. The highest BCUT2D eigenvalue weighted by Crippen LogP contribution is 2.56. The number of benzene rings is 1. The van der Waals surface area contributed by atoms with Crippen molar-refractivity contribution in [3.8, 4) is 0 Å². The maximum atomic E-state index is 15.7. The number of allylic oxidation sites excluding steroid dienone is 4. The molecule has 6 nitrogen and oxygen atoms in total. The first-order valence-corrected chi connectivity index (χ1v) is 13.1. The Bertz CT molecular complexity index is 1140. The minimum atomic E-state index is -1.40. The van der Waals surface area contributed by atoms with Crippen molar-refractivity contribution < 1.29 is 18.7 Å². The summed E-state index contributed by atoms with van der Waals surface area (Å²) in [5.41, 5.74) is 0.368. The number of hydrogen-bond donors (Lipinski definition) is 2. The highest BCUT2D eigenvalue weighted by molar-refractivity contribution is 6.31. The van der Waals surface area contributed by atoms with E-state index in [2.05, 4.69) is 15.5 Å². The van der Waals surface area contributed by atoms with Crippen LogP contribution in [0.4, 0.5) is 10.1 Å². The van der Waals surface area contributed by atoms with Crippen LogP contribution in [0.1, 0.15) is 25.3 Å². The van der Waals surface area contributed by atoms with Crippen LogP contribution in [0.15, 0.2) is 41.5 Å². The number of carbonyl (C=O) groups is 2. The van der Waals surface area contributed by atoms with Gasteiger partial charge >= 0.3 is 5.97 Å². The highest BCUT2D eigenvalue weighted by Gasteiger charge is 2.67. The van der Waals surface area contributed by atoms with Gasteiger partial charge in [0.25, 0.3) is 0 Å². The number of fused-ring (bicyclic) bond motifs is 3. The summed E-state index contributed by atoms with van der Waals surface area (Å²) >= 11 is 12.5.